The molecule has 5 atom stereocenters. The number of ether oxygens (including phenoxy) is 1. The average Bonchev–Trinajstić information content (AvgIpc) is 2.72. The minimum Gasteiger partial charge on any atom is -0.377 e. The Morgan fingerprint density at radius 3 is 2.68 bits per heavy atom. The van der Waals surface area contributed by atoms with Crippen molar-refractivity contribution in [1.29, 1.82) is 0 Å². The minimum atomic E-state index is -1.18. The lowest BCUT2D eigenvalue weighted by Gasteiger charge is -2.43. The van der Waals surface area contributed by atoms with E-state index < -0.39 is 16.6 Å². The van der Waals surface area contributed by atoms with Crippen LogP contribution < -0.4 is 4.72 Å². The molecule has 1 rings (SSSR count). The van der Waals surface area contributed by atoms with E-state index >= 15 is 0 Å². The molecule has 0 bridgehead atoms. The van der Waals surface area contributed by atoms with Gasteiger partial charge in [0.2, 0.25) is 5.91 Å². The monoisotopic (exact) mass is 330 g/mol. The van der Waals surface area contributed by atoms with E-state index in [2.05, 4.69) is 17.7 Å². The van der Waals surface area contributed by atoms with Crippen molar-refractivity contribution >= 4 is 16.9 Å². The maximum absolute atomic E-state index is 12.2. The third kappa shape index (κ3) is 4.18. The molecular weight excluding hydrogens is 300 g/mol. The smallest absolute Gasteiger partial charge is 0.223 e. The van der Waals surface area contributed by atoms with Crippen molar-refractivity contribution in [3.63, 3.8) is 0 Å². The fourth-order valence-corrected chi connectivity index (χ4v) is 4.18. The molecule has 22 heavy (non-hydrogen) atoms. The van der Waals surface area contributed by atoms with Crippen LogP contribution in [0, 0.1) is 5.92 Å². The van der Waals surface area contributed by atoms with Crippen LogP contribution in [0.3, 0.4) is 0 Å². The van der Waals surface area contributed by atoms with Crippen LogP contribution >= 0.6 is 0 Å². The van der Waals surface area contributed by atoms with Crippen LogP contribution in [-0.2, 0) is 20.5 Å². The number of nitrogens with one attached hydrogen (secondary N) is 1. The first-order chi connectivity index (χ1) is 10.3. The standard InChI is InChI=1S/C16H30N2O3S/c1-7-9-12-11-13(19)18(4)14(12)15(17-22(6)20)16(3,21-5)10-8-2/h7,9,12,14-15,17H,8,10-11H2,1-6H3/b9-7-. The van der Waals surface area contributed by atoms with Crippen LogP contribution in [0.1, 0.15) is 40.0 Å². The van der Waals surface area contributed by atoms with Gasteiger partial charge in [0.15, 0.2) is 0 Å². The number of likely N-dealkylation sites (N-methyl/N-ethyl adjacent to an activating group) is 1. The highest BCUT2D eigenvalue weighted by Gasteiger charge is 2.48. The SMILES string of the molecule is C/C=C\C1CC(=O)N(C)C1C(NS(C)=O)C(C)(CCC)OC. The predicted molar refractivity (Wildman–Crippen MR) is 90.8 cm³/mol. The van der Waals surface area contributed by atoms with Gasteiger partial charge in [-0.2, -0.15) is 0 Å². The maximum Gasteiger partial charge on any atom is 0.223 e. The Balaban J connectivity index is 3.23. The zero-order chi connectivity index (χ0) is 16.9. The van der Waals surface area contributed by atoms with Gasteiger partial charge in [0.25, 0.3) is 0 Å². The molecule has 128 valence electrons. The summed E-state index contributed by atoms with van der Waals surface area (Å²) in [5.41, 5.74) is -0.482. The zero-order valence-electron chi connectivity index (χ0n) is 14.6. The van der Waals surface area contributed by atoms with Crippen LogP contribution in [0.4, 0.5) is 0 Å². The highest BCUT2D eigenvalue weighted by atomic mass is 32.2. The van der Waals surface area contributed by atoms with E-state index in [1.807, 2.05) is 27.0 Å². The molecule has 6 heteroatoms. The summed E-state index contributed by atoms with van der Waals surface area (Å²) in [5.74, 6) is 0.228. The fraction of sp³-hybridized carbons (Fsp3) is 0.812. The third-order valence-corrected chi connectivity index (χ3v) is 5.22. The number of allylic oxidation sites excluding steroid dienone is 1. The summed E-state index contributed by atoms with van der Waals surface area (Å²) in [6.07, 6.45) is 7.95. The molecule has 1 heterocycles. The van der Waals surface area contributed by atoms with Gasteiger partial charge < -0.3 is 9.64 Å². The molecule has 5 unspecified atom stereocenters. The molecule has 1 fully saturated rings. The quantitative estimate of drug-likeness (QED) is 0.691. The zero-order valence-corrected chi connectivity index (χ0v) is 15.4. The molecule has 5 nitrogen and oxygen atoms in total. The Labute approximate surface area is 137 Å². The lowest BCUT2D eigenvalue weighted by atomic mass is 9.81. The minimum absolute atomic E-state index is 0.0656. The number of likely N-dealkylation sites (tertiary alicyclic amines) is 1. The number of nitrogens with zero attached hydrogens (tertiary/aromatic N) is 1. The van der Waals surface area contributed by atoms with Crippen LogP contribution in [-0.4, -0.2) is 53.1 Å². The Morgan fingerprint density at radius 1 is 1.59 bits per heavy atom. The van der Waals surface area contributed by atoms with Gasteiger partial charge in [-0.15, -0.1) is 0 Å². The van der Waals surface area contributed by atoms with Crippen molar-refractivity contribution in [3.05, 3.63) is 12.2 Å². The van der Waals surface area contributed by atoms with E-state index in [1.54, 1.807) is 18.3 Å². The second-order valence-electron chi connectivity index (χ2n) is 6.21. The van der Waals surface area contributed by atoms with Crippen LogP contribution in [0.15, 0.2) is 12.2 Å². The molecule has 0 aromatic heterocycles. The van der Waals surface area contributed by atoms with Crippen molar-refractivity contribution in [2.45, 2.75) is 57.7 Å². The van der Waals surface area contributed by atoms with Crippen molar-refractivity contribution < 1.29 is 13.7 Å². The number of hydrogen-bond donors (Lipinski definition) is 1. The molecule has 0 aliphatic carbocycles. The lowest BCUT2D eigenvalue weighted by molar-refractivity contribution is -0.129. The number of rotatable bonds is 8. The van der Waals surface area contributed by atoms with E-state index in [4.69, 9.17) is 4.74 Å². The lowest BCUT2D eigenvalue weighted by Crippen LogP contribution is -2.61. The average molecular weight is 330 g/mol. The van der Waals surface area contributed by atoms with Gasteiger partial charge in [0.05, 0.1) is 28.7 Å². The molecule has 1 saturated heterocycles. The third-order valence-electron chi connectivity index (χ3n) is 4.63. The van der Waals surface area contributed by atoms with Gasteiger partial charge in [-0.05, 0) is 20.3 Å². The molecule has 0 radical (unpaired) electrons. The summed E-state index contributed by atoms with van der Waals surface area (Å²) < 4.78 is 20.8. The fourth-order valence-electron chi connectivity index (χ4n) is 3.44. The topological polar surface area (TPSA) is 58.6 Å². The number of methoxy groups -OCH3 is 1. The first-order valence-electron chi connectivity index (χ1n) is 7.84. The van der Waals surface area contributed by atoms with Gasteiger partial charge in [-0.3, -0.25) is 4.79 Å². The highest BCUT2D eigenvalue weighted by Crippen LogP contribution is 2.35. The molecular formula is C16H30N2O3S. The molecule has 1 aliphatic rings. The van der Waals surface area contributed by atoms with Crippen molar-refractivity contribution in [3.8, 4) is 0 Å². The highest BCUT2D eigenvalue weighted by molar-refractivity contribution is 7.82. The van der Waals surface area contributed by atoms with E-state index in [0.717, 1.165) is 12.8 Å². The number of carbonyl (C=O) groups excluding carboxylic acids is 1. The normalized spacial score (nSPS) is 28.1. The summed E-state index contributed by atoms with van der Waals surface area (Å²) in [4.78, 5) is 14.0. The first kappa shape index (κ1) is 19.3. The Hall–Kier alpha value is -0.720. The summed E-state index contributed by atoms with van der Waals surface area (Å²) in [7, 11) is 2.33. The van der Waals surface area contributed by atoms with Crippen molar-refractivity contribution in [2.75, 3.05) is 20.4 Å². The molecule has 0 aromatic rings. The molecule has 0 spiro atoms. The molecule has 1 aliphatic heterocycles. The first-order valence-corrected chi connectivity index (χ1v) is 9.39. The van der Waals surface area contributed by atoms with E-state index in [-0.39, 0.29) is 23.9 Å². The number of hydrogen-bond acceptors (Lipinski definition) is 3. The predicted octanol–water partition coefficient (Wildman–Crippen LogP) is 1.87. The summed E-state index contributed by atoms with van der Waals surface area (Å²) >= 11 is 0. The summed E-state index contributed by atoms with van der Waals surface area (Å²) in [6.45, 7) is 6.09. The van der Waals surface area contributed by atoms with Gasteiger partial charge >= 0.3 is 0 Å². The van der Waals surface area contributed by atoms with Gasteiger partial charge in [0, 0.05) is 32.8 Å². The summed E-state index contributed by atoms with van der Waals surface area (Å²) in [6, 6.07) is -0.259. The molecule has 0 saturated carbocycles. The maximum atomic E-state index is 12.2. The van der Waals surface area contributed by atoms with E-state index in [9.17, 15) is 9.00 Å². The number of carbonyl (C=O) groups is 1. The van der Waals surface area contributed by atoms with Gasteiger partial charge in [-0.25, -0.2) is 8.93 Å². The van der Waals surface area contributed by atoms with Crippen molar-refractivity contribution in [2.24, 2.45) is 5.92 Å². The van der Waals surface area contributed by atoms with E-state index in [0.29, 0.717) is 6.42 Å². The molecule has 1 amide bonds. The van der Waals surface area contributed by atoms with Gasteiger partial charge in [-0.1, -0.05) is 25.5 Å². The number of amides is 1. The molecule has 1 N–H and O–H groups in total. The van der Waals surface area contributed by atoms with Crippen LogP contribution in [0.2, 0.25) is 0 Å². The van der Waals surface area contributed by atoms with E-state index in [1.165, 1.54) is 0 Å². The second kappa shape index (κ2) is 8.22. The Morgan fingerprint density at radius 2 is 2.23 bits per heavy atom. The second-order valence-corrected chi connectivity index (χ2v) is 7.35. The van der Waals surface area contributed by atoms with Crippen molar-refractivity contribution in [1.82, 2.24) is 9.62 Å². The van der Waals surface area contributed by atoms with Gasteiger partial charge in [0.1, 0.15) is 0 Å². The van der Waals surface area contributed by atoms with Crippen LogP contribution in [0.25, 0.3) is 0 Å². The summed E-state index contributed by atoms with van der Waals surface area (Å²) in [5, 5.41) is 0. The van der Waals surface area contributed by atoms with Crippen LogP contribution in [0.5, 0.6) is 0 Å². The Bertz CT molecular complexity index is 441. The molecule has 0 aromatic carbocycles. The Kier molecular flexibility index (Phi) is 7.22. The largest absolute Gasteiger partial charge is 0.377 e.